The number of rotatable bonds is 3. The van der Waals surface area contributed by atoms with Gasteiger partial charge in [-0.05, 0) is 62.8 Å². The van der Waals surface area contributed by atoms with E-state index in [-0.39, 0.29) is 0 Å². The number of piperidine rings is 1. The first-order chi connectivity index (χ1) is 9.25. The highest BCUT2D eigenvalue weighted by molar-refractivity contribution is 4.96. The second kappa shape index (κ2) is 6.13. The van der Waals surface area contributed by atoms with Crippen LogP contribution in [0.4, 0.5) is 0 Å². The molecule has 0 aromatic carbocycles. The van der Waals surface area contributed by atoms with Crippen LogP contribution in [0.25, 0.3) is 0 Å². The minimum absolute atomic E-state index is 0.796. The molecule has 1 aliphatic heterocycles. The van der Waals surface area contributed by atoms with Crippen molar-refractivity contribution in [3.63, 3.8) is 0 Å². The van der Waals surface area contributed by atoms with E-state index in [1.165, 1.54) is 57.9 Å². The van der Waals surface area contributed by atoms with Gasteiger partial charge in [0.15, 0.2) is 0 Å². The summed E-state index contributed by atoms with van der Waals surface area (Å²) >= 11 is 0. The molecule has 0 bridgehead atoms. The zero-order valence-electron chi connectivity index (χ0n) is 12.8. The van der Waals surface area contributed by atoms with Gasteiger partial charge in [0.25, 0.3) is 0 Å². The van der Waals surface area contributed by atoms with Crippen LogP contribution >= 0.6 is 0 Å². The van der Waals surface area contributed by atoms with E-state index in [1.807, 2.05) is 0 Å². The maximum absolute atomic E-state index is 4.07. The van der Waals surface area contributed by atoms with Crippen molar-refractivity contribution < 1.29 is 0 Å². The number of hydrogen-bond donors (Lipinski definition) is 2. The summed E-state index contributed by atoms with van der Waals surface area (Å²) in [5, 5.41) is 7.86. The highest BCUT2D eigenvalue weighted by Crippen LogP contribution is 2.36. The van der Waals surface area contributed by atoms with E-state index in [1.54, 1.807) is 0 Å². The smallest absolute Gasteiger partial charge is 0.0113 e. The molecule has 6 atom stereocenters. The minimum atomic E-state index is 0.796. The molecule has 2 saturated carbocycles. The molecule has 0 amide bonds. The van der Waals surface area contributed by atoms with Crippen molar-refractivity contribution in [2.45, 2.75) is 83.3 Å². The van der Waals surface area contributed by atoms with Crippen molar-refractivity contribution in [1.82, 2.24) is 10.6 Å². The molecule has 0 aromatic rings. The van der Waals surface area contributed by atoms with Gasteiger partial charge < -0.3 is 10.6 Å². The van der Waals surface area contributed by atoms with Crippen LogP contribution in [0.15, 0.2) is 0 Å². The first-order valence-electron chi connectivity index (χ1n) is 8.75. The van der Waals surface area contributed by atoms with E-state index < -0.39 is 0 Å². The summed E-state index contributed by atoms with van der Waals surface area (Å²) in [4.78, 5) is 0. The molecule has 6 unspecified atom stereocenters. The number of nitrogens with one attached hydrogen (secondary N) is 2. The lowest BCUT2D eigenvalue weighted by atomic mass is 9.87. The number of hydrogen-bond acceptors (Lipinski definition) is 2. The zero-order valence-corrected chi connectivity index (χ0v) is 12.8. The lowest BCUT2D eigenvalue weighted by Crippen LogP contribution is -2.50. The van der Waals surface area contributed by atoms with E-state index in [0.29, 0.717) is 0 Å². The molecule has 3 rings (SSSR count). The van der Waals surface area contributed by atoms with Crippen LogP contribution in [0.1, 0.15) is 65.2 Å². The predicted molar refractivity (Wildman–Crippen MR) is 81.3 cm³/mol. The molecule has 0 radical (unpaired) electrons. The summed E-state index contributed by atoms with van der Waals surface area (Å²) in [6.45, 7) is 6.14. The van der Waals surface area contributed by atoms with Crippen LogP contribution in [0.5, 0.6) is 0 Å². The van der Waals surface area contributed by atoms with Crippen molar-refractivity contribution in [3.05, 3.63) is 0 Å². The largest absolute Gasteiger partial charge is 0.314 e. The van der Waals surface area contributed by atoms with Crippen LogP contribution < -0.4 is 10.6 Å². The maximum Gasteiger partial charge on any atom is 0.0113 e. The Hall–Kier alpha value is -0.0800. The molecular formula is C17H32N2. The maximum atomic E-state index is 4.07. The second-order valence-corrected chi connectivity index (χ2v) is 7.44. The Morgan fingerprint density at radius 1 is 0.842 bits per heavy atom. The van der Waals surface area contributed by atoms with Crippen molar-refractivity contribution in [2.24, 2.45) is 17.8 Å². The van der Waals surface area contributed by atoms with E-state index in [2.05, 4.69) is 24.5 Å². The Bertz CT molecular complexity index is 285. The Balaban J connectivity index is 1.57. The van der Waals surface area contributed by atoms with Crippen LogP contribution in [-0.2, 0) is 0 Å². The molecule has 110 valence electrons. The average Bonchev–Trinajstić information content (AvgIpc) is 3.02. The summed E-state index contributed by atoms with van der Waals surface area (Å²) in [7, 11) is 0. The molecule has 1 heterocycles. The van der Waals surface area contributed by atoms with Crippen molar-refractivity contribution in [1.29, 1.82) is 0 Å². The van der Waals surface area contributed by atoms with Gasteiger partial charge in [-0.15, -0.1) is 0 Å². The molecule has 0 spiro atoms. The highest BCUT2D eigenvalue weighted by atomic mass is 15.0. The zero-order chi connectivity index (χ0) is 13.2. The van der Waals surface area contributed by atoms with Gasteiger partial charge in [0, 0.05) is 18.1 Å². The lowest BCUT2D eigenvalue weighted by molar-refractivity contribution is 0.232. The summed E-state index contributed by atoms with van der Waals surface area (Å²) in [6.07, 6.45) is 11.4. The summed E-state index contributed by atoms with van der Waals surface area (Å²) in [5.74, 6) is 2.70. The van der Waals surface area contributed by atoms with Gasteiger partial charge in [0.1, 0.15) is 0 Å². The molecule has 2 aliphatic carbocycles. The van der Waals surface area contributed by atoms with E-state index in [9.17, 15) is 0 Å². The summed E-state index contributed by atoms with van der Waals surface area (Å²) < 4.78 is 0. The van der Waals surface area contributed by atoms with Gasteiger partial charge >= 0.3 is 0 Å². The molecule has 19 heavy (non-hydrogen) atoms. The molecular weight excluding hydrogens is 232 g/mol. The second-order valence-electron chi connectivity index (χ2n) is 7.44. The fraction of sp³-hybridized carbons (Fsp3) is 1.00. The molecule has 0 aromatic heterocycles. The first-order valence-corrected chi connectivity index (χ1v) is 8.75. The van der Waals surface area contributed by atoms with Crippen LogP contribution in [0, 0.1) is 17.8 Å². The molecule has 2 N–H and O–H groups in total. The Morgan fingerprint density at radius 3 is 2.42 bits per heavy atom. The Kier molecular flexibility index (Phi) is 4.48. The van der Waals surface area contributed by atoms with Crippen LogP contribution in [-0.4, -0.2) is 24.7 Å². The highest BCUT2D eigenvalue weighted by Gasteiger charge is 2.38. The summed E-state index contributed by atoms with van der Waals surface area (Å²) in [5.41, 5.74) is 0. The standard InChI is InChI=1S/C17H32N2/c1-12-9-10-15(13(12)2)19-17-8-5-6-14(17)16-7-3-4-11-18-16/h12-19H,3-11H2,1-2H3. The third-order valence-corrected chi connectivity index (χ3v) is 6.33. The van der Waals surface area contributed by atoms with Gasteiger partial charge in [-0.3, -0.25) is 0 Å². The molecule has 2 nitrogen and oxygen atoms in total. The Morgan fingerprint density at radius 2 is 1.74 bits per heavy atom. The summed E-state index contributed by atoms with van der Waals surface area (Å²) in [6, 6.07) is 2.40. The van der Waals surface area contributed by atoms with Gasteiger partial charge in [0.2, 0.25) is 0 Å². The average molecular weight is 264 g/mol. The van der Waals surface area contributed by atoms with Gasteiger partial charge in [0.05, 0.1) is 0 Å². The lowest BCUT2D eigenvalue weighted by Gasteiger charge is -2.35. The molecule has 3 fully saturated rings. The van der Waals surface area contributed by atoms with Gasteiger partial charge in [-0.1, -0.05) is 26.7 Å². The van der Waals surface area contributed by atoms with E-state index >= 15 is 0 Å². The first kappa shape index (κ1) is 13.9. The molecule has 1 saturated heterocycles. The van der Waals surface area contributed by atoms with Crippen molar-refractivity contribution >= 4 is 0 Å². The van der Waals surface area contributed by atoms with Crippen LogP contribution in [0.2, 0.25) is 0 Å². The van der Waals surface area contributed by atoms with Crippen molar-refractivity contribution in [3.8, 4) is 0 Å². The topological polar surface area (TPSA) is 24.1 Å². The fourth-order valence-corrected chi connectivity index (χ4v) is 4.80. The molecule has 2 heteroatoms. The van der Waals surface area contributed by atoms with Gasteiger partial charge in [-0.2, -0.15) is 0 Å². The third kappa shape index (κ3) is 3.00. The Labute approximate surface area is 119 Å². The van der Waals surface area contributed by atoms with E-state index in [4.69, 9.17) is 0 Å². The quantitative estimate of drug-likeness (QED) is 0.817. The van der Waals surface area contributed by atoms with Gasteiger partial charge in [-0.25, -0.2) is 0 Å². The van der Waals surface area contributed by atoms with E-state index in [0.717, 1.165) is 35.9 Å². The molecule has 3 aliphatic rings. The third-order valence-electron chi connectivity index (χ3n) is 6.33. The fourth-order valence-electron chi connectivity index (χ4n) is 4.80. The predicted octanol–water partition coefficient (Wildman–Crippen LogP) is 3.32. The van der Waals surface area contributed by atoms with Crippen LogP contribution in [0.3, 0.4) is 0 Å². The monoisotopic (exact) mass is 264 g/mol. The van der Waals surface area contributed by atoms with Crippen molar-refractivity contribution in [2.75, 3.05) is 6.54 Å². The normalized spacial score (nSPS) is 47.7. The minimum Gasteiger partial charge on any atom is -0.314 e. The SMILES string of the molecule is CC1CCC(NC2CCCC2C2CCCCN2)C1C.